The Labute approximate surface area is 119 Å². The Morgan fingerprint density at radius 2 is 2.10 bits per heavy atom. The first kappa shape index (κ1) is 14.4. The molecule has 0 aliphatic heterocycles. The molecule has 20 heavy (non-hydrogen) atoms. The molecule has 2 rings (SSSR count). The largest absolute Gasteiger partial charge is 0.497 e. The minimum Gasteiger partial charge on any atom is -0.497 e. The summed E-state index contributed by atoms with van der Waals surface area (Å²) in [6.45, 7) is 2.97. The van der Waals surface area contributed by atoms with Crippen LogP contribution in [0.2, 0.25) is 0 Å². The van der Waals surface area contributed by atoms with Gasteiger partial charge in [-0.3, -0.25) is 0 Å². The SMILES string of the molecule is CCn1ccnc1C(NC)c1cc(OC)ccc1OC. The fraction of sp³-hybridized carbons (Fsp3) is 0.400. The van der Waals surface area contributed by atoms with Crippen LogP contribution in [0.1, 0.15) is 24.4 Å². The number of nitrogens with one attached hydrogen (secondary N) is 1. The third-order valence-electron chi connectivity index (χ3n) is 3.38. The van der Waals surface area contributed by atoms with Crippen LogP contribution in [0.3, 0.4) is 0 Å². The zero-order valence-corrected chi connectivity index (χ0v) is 12.4. The van der Waals surface area contributed by atoms with Gasteiger partial charge in [-0.2, -0.15) is 0 Å². The van der Waals surface area contributed by atoms with Crippen LogP contribution >= 0.6 is 0 Å². The molecule has 1 aromatic heterocycles. The molecule has 0 saturated heterocycles. The minimum atomic E-state index is -0.0463. The van der Waals surface area contributed by atoms with E-state index in [1.807, 2.05) is 37.6 Å². The molecule has 1 unspecified atom stereocenters. The number of aromatic nitrogens is 2. The number of hydrogen-bond acceptors (Lipinski definition) is 4. The van der Waals surface area contributed by atoms with E-state index in [0.717, 1.165) is 29.4 Å². The van der Waals surface area contributed by atoms with Crippen molar-refractivity contribution in [3.05, 3.63) is 42.0 Å². The Balaban J connectivity index is 2.50. The van der Waals surface area contributed by atoms with Crippen molar-refractivity contribution >= 4 is 0 Å². The van der Waals surface area contributed by atoms with Gasteiger partial charge >= 0.3 is 0 Å². The Hall–Kier alpha value is -2.01. The van der Waals surface area contributed by atoms with Crippen molar-refractivity contribution in [1.82, 2.24) is 14.9 Å². The minimum absolute atomic E-state index is 0.0463. The molecule has 0 bridgehead atoms. The van der Waals surface area contributed by atoms with Gasteiger partial charge in [-0.25, -0.2) is 4.98 Å². The molecular weight excluding hydrogens is 254 g/mol. The Kier molecular flexibility index (Phi) is 4.63. The highest BCUT2D eigenvalue weighted by Gasteiger charge is 2.21. The average molecular weight is 275 g/mol. The lowest BCUT2D eigenvalue weighted by atomic mass is 10.0. The maximum absolute atomic E-state index is 5.47. The van der Waals surface area contributed by atoms with Gasteiger partial charge in [0.2, 0.25) is 0 Å². The molecule has 0 aliphatic carbocycles. The first-order chi connectivity index (χ1) is 9.74. The molecule has 0 amide bonds. The number of benzene rings is 1. The highest BCUT2D eigenvalue weighted by atomic mass is 16.5. The van der Waals surface area contributed by atoms with Crippen LogP contribution < -0.4 is 14.8 Å². The van der Waals surface area contributed by atoms with Crippen molar-refractivity contribution in [1.29, 1.82) is 0 Å². The number of ether oxygens (including phenoxy) is 2. The molecule has 0 aliphatic rings. The Bertz CT molecular complexity index is 566. The van der Waals surface area contributed by atoms with Crippen LogP contribution in [0.4, 0.5) is 0 Å². The molecule has 1 atom stereocenters. The predicted octanol–water partition coefficient (Wildman–Crippen LogP) is 2.23. The lowest BCUT2D eigenvalue weighted by Gasteiger charge is -2.20. The summed E-state index contributed by atoms with van der Waals surface area (Å²) < 4.78 is 12.9. The first-order valence-electron chi connectivity index (χ1n) is 6.65. The Morgan fingerprint density at radius 1 is 1.30 bits per heavy atom. The summed E-state index contributed by atoms with van der Waals surface area (Å²) in [5, 5.41) is 3.30. The second kappa shape index (κ2) is 6.43. The first-order valence-corrected chi connectivity index (χ1v) is 6.65. The third kappa shape index (κ3) is 2.63. The van der Waals surface area contributed by atoms with E-state index in [0.29, 0.717) is 0 Å². The van der Waals surface area contributed by atoms with E-state index in [1.165, 1.54) is 0 Å². The summed E-state index contributed by atoms with van der Waals surface area (Å²) in [6.07, 6.45) is 3.79. The molecule has 108 valence electrons. The van der Waals surface area contributed by atoms with Crippen LogP contribution in [0.25, 0.3) is 0 Å². The highest BCUT2D eigenvalue weighted by molar-refractivity contribution is 5.44. The van der Waals surface area contributed by atoms with Crippen molar-refractivity contribution in [3.8, 4) is 11.5 Å². The molecule has 0 saturated carbocycles. The number of hydrogen-bond donors (Lipinski definition) is 1. The van der Waals surface area contributed by atoms with E-state index in [2.05, 4.69) is 21.8 Å². The number of imidazole rings is 1. The van der Waals surface area contributed by atoms with Gasteiger partial charge in [0.05, 0.1) is 20.3 Å². The monoisotopic (exact) mass is 275 g/mol. The molecule has 5 heteroatoms. The molecule has 2 aromatic rings. The maximum atomic E-state index is 5.47. The van der Waals surface area contributed by atoms with Gasteiger partial charge in [-0.1, -0.05) is 0 Å². The summed E-state index contributed by atoms with van der Waals surface area (Å²) in [7, 11) is 5.25. The molecular formula is C15H21N3O2. The fourth-order valence-corrected chi connectivity index (χ4v) is 2.34. The van der Waals surface area contributed by atoms with Crippen LogP contribution in [0.15, 0.2) is 30.6 Å². The zero-order valence-electron chi connectivity index (χ0n) is 12.4. The van der Waals surface area contributed by atoms with Gasteiger partial charge in [0, 0.05) is 24.5 Å². The Morgan fingerprint density at radius 3 is 2.70 bits per heavy atom. The van der Waals surface area contributed by atoms with Crippen molar-refractivity contribution in [3.63, 3.8) is 0 Å². The second-order valence-electron chi connectivity index (χ2n) is 4.40. The van der Waals surface area contributed by atoms with Gasteiger partial charge in [-0.05, 0) is 32.2 Å². The predicted molar refractivity (Wildman–Crippen MR) is 78.3 cm³/mol. The summed E-state index contributed by atoms with van der Waals surface area (Å²) in [5.74, 6) is 2.58. The third-order valence-corrected chi connectivity index (χ3v) is 3.38. The maximum Gasteiger partial charge on any atom is 0.130 e. The van der Waals surface area contributed by atoms with Crippen LogP contribution in [0, 0.1) is 0 Å². The van der Waals surface area contributed by atoms with E-state index >= 15 is 0 Å². The average Bonchev–Trinajstić information content (AvgIpc) is 2.96. The fourth-order valence-electron chi connectivity index (χ4n) is 2.34. The van der Waals surface area contributed by atoms with Gasteiger partial charge < -0.3 is 19.4 Å². The van der Waals surface area contributed by atoms with E-state index in [-0.39, 0.29) is 6.04 Å². The molecule has 0 fully saturated rings. The van der Waals surface area contributed by atoms with Crippen LogP contribution in [-0.2, 0) is 6.54 Å². The van der Waals surface area contributed by atoms with Crippen LogP contribution in [-0.4, -0.2) is 30.8 Å². The molecule has 5 nitrogen and oxygen atoms in total. The second-order valence-corrected chi connectivity index (χ2v) is 4.40. The van der Waals surface area contributed by atoms with Crippen molar-refractivity contribution in [2.45, 2.75) is 19.5 Å². The summed E-state index contributed by atoms with van der Waals surface area (Å²) in [6, 6.07) is 5.74. The van der Waals surface area contributed by atoms with Crippen molar-refractivity contribution < 1.29 is 9.47 Å². The lowest BCUT2D eigenvalue weighted by molar-refractivity contribution is 0.393. The van der Waals surface area contributed by atoms with Crippen molar-refractivity contribution in [2.75, 3.05) is 21.3 Å². The standard InChI is InChI=1S/C15H21N3O2/c1-5-18-9-8-17-15(18)14(16-2)12-10-11(19-3)6-7-13(12)20-4/h6-10,14,16H,5H2,1-4H3. The van der Waals surface area contributed by atoms with E-state index in [1.54, 1.807) is 14.2 Å². The number of methoxy groups -OCH3 is 2. The molecule has 1 heterocycles. The summed E-state index contributed by atoms with van der Waals surface area (Å²) in [4.78, 5) is 4.47. The number of aryl methyl sites for hydroxylation is 1. The quantitative estimate of drug-likeness (QED) is 0.878. The summed E-state index contributed by atoms with van der Waals surface area (Å²) in [5.41, 5.74) is 1.01. The van der Waals surface area contributed by atoms with E-state index in [9.17, 15) is 0 Å². The van der Waals surface area contributed by atoms with Gasteiger partial charge in [0.1, 0.15) is 17.3 Å². The van der Waals surface area contributed by atoms with Crippen LogP contribution in [0.5, 0.6) is 11.5 Å². The normalized spacial score (nSPS) is 12.2. The van der Waals surface area contributed by atoms with Crippen molar-refractivity contribution in [2.24, 2.45) is 0 Å². The highest BCUT2D eigenvalue weighted by Crippen LogP contribution is 2.32. The number of nitrogens with zero attached hydrogens (tertiary/aromatic N) is 2. The molecule has 1 aromatic carbocycles. The molecule has 0 radical (unpaired) electrons. The topological polar surface area (TPSA) is 48.3 Å². The number of rotatable bonds is 6. The van der Waals surface area contributed by atoms with Gasteiger partial charge in [0.15, 0.2) is 0 Å². The molecule has 1 N–H and O–H groups in total. The smallest absolute Gasteiger partial charge is 0.130 e. The van der Waals surface area contributed by atoms with Gasteiger partial charge in [-0.15, -0.1) is 0 Å². The van der Waals surface area contributed by atoms with Gasteiger partial charge in [0.25, 0.3) is 0 Å². The van der Waals surface area contributed by atoms with E-state index < -0.39 is 0 Å². The summed E-state index contributed by atoms with van der Waals surface area (Å²) >= 11 is 0. The lowest BCUT2D eigenvalue weighted by Crippen LogP contribution is -2.22. The zero-order chi connectivity index (χ0) is 14.5. The van der Waals surface area contributed by atoms with E-state index in [4.69, 9.17) is 9.47 Å². The molecule has 0 spiro atoms.